The summed E-state index contributed by atoms with van der Waals surface area (Å²) in [7, 11) is 1.87. The van der Waals surface area contributed by atoms with Crippen molar-refractivity contribution in [3.05, 3.63) is 30.3 Å². The Labute approximate surface area is 230 Å². The fourth-order valence-corrected chi connectivity index (χ4v) is 4.95. The Bertz CT molecular complexity index is 788. The van der Waals surface area contributed by atoms with Crippen LogP contribution in [-0.4, -0.2) is 54.2 Å². The summed E-state index contributed by atoms with van der Waals surface area (Å²) in [6.07, 6.45) is 10.4. The van der Waals surface area contributed by atoms with E-state index in [0.29, 0.717) is 6.54 Å². The number of urea groups is 1. The number of hydrogen-bond acceptors (Lipinski definition) is 3. The number of nitrogens with one attached hydrogen (secondary N) is 3. The maximum absolute atomic E-state index is 13.2. The van der Waals surface area contributed by atoms with Crippen molar-refractivity contribution < 1.29 is 14.3 Å². The highest BCUT2D eigenvalue weighted by atomic mass is 32.2. The molecule has 1 atom stereocenters. The highest BCUT2D eigenvalue weighted by molar-refractivity contribution is 8.13. The summed E-state index contributed by atoms with van der Waals surface area (Å²) < 4.78 is 1.98. The van der Waals surface area contributed by atoms with Crippen LogP contribution in [0.5, 0.6) is 0 Å². The van der Waals surface area contributed by atoms with Crippen LogP contribution < -0.4 is 21.0 Å². The largest absolute Gasteiger partial charge is 0.350 e. The van der Waals surface area contributed by atoms with E-state index in [0.717, 1.165) is 74.6 Å². The molecule has 0 fully saturated rings. The van der Waals surface area contributed by atoms with Gasteiger partial charge in [-0.3, -0.25) is 10.1 Å². The number of para-hydroxylation sites is 1. The van der Waals surface area contributed by atoms with Crippen molar-refractivity contribution in [2.75, 3.05) is 37.3 Å². The summed E-state index contributed by atoms with van der Waals surface area (Å²) in [5.41, 5.74) is 3.99. The summed E-state index contributed by atoms with van der Waals surface area (Å²) in [6, 6.07) is 9.69. The molecule has 0 saturated carbocycles. The fourth-order valence-electron chi connectivity index (χ4n) is 4.18. The highest BCUT2D eigenvalue weighted by Gasteiger charge is 2.23. The molecule has 0 aliphatic heterocycles. The Hall–Kier alpha value is -2.22. The standard InChI is InChI=1S/C29H51N5O2S/c1-6-10-11-12-16-24-34(32-28(36)30-22-8-3)29(37-9-4)31-23-17-19-25(18-7-2)27(35)33(5)26-20-14-13-15-21-26/h13-15,20-21,25H,6-12,16-19,22-24H2,1-5H3,(H2,30,32,36)/p+1. The van der Waals surface area contributed by atoms with Crippen LogP contribution in [0.1, 0.15) is 91.9 Å². The minimum Gasteiger partial charge on any atom is -0.335 e. The molecule has 3 amide bonds. The van der Waals surface area contributed by atoms with Crippen molar-refractivity contribution in [3.63, 3.8) is 0 Å². The van der Waals surface area contributed by atoms with Crippen LogP contribution in [0.3, 0.4) is 0 Å². The van der Waals surface area contributed by atoms with Crippen LogP contribution in [0.15, 0.2) is 30.3 Å². The molecule has 37 heavy (non-hydrogen) atoms. The quantitative estimate of drug-likeness (QED) is 0.0694. The zero-order chi connectivity index (χ0) is 27.3. The molecular weight excluding hydrogens is 482 g/mol. The Morgan fingerprint density at radius 1 is 0.865 bits per heavy atom. The second-order valence-electron chi connectivity index (χ2n) is 9.46. The number of carbonyl (C=O) groups excluding carboxylic acids is 2. The van der Waals surface area contributed by atoms with Crippen molar-refractivity contribution in [2.24, 2.45) is 5.92 Å². The number of unbranched alkanes of at least 4 members (excludes halogenated alkanes) is 4. The zero-order valence-corrected chi connectivity index (χ0v) is 24.8. The lowest BCUT2D eigenvalue weighted by molar-refractivity contribution is -0.572. The third-order valence-electron chi connectivity index (χ3n) is 6.25. The number of amidine groups is 1. The van der Waals surface area contributed by atoms with Gasteiger partial charge in [-0.2, -0.15) is 5.43 Å². The summed E-state index contributed by atoms with van der Waals surface area (Å²) in [5, 5.41) is 7.47. The molecule has 1 rings (SSSR count). The lowest BCUT2D eigenvalue weighted by Crippen LogP contribution is -2.47. The zero-order valence-electron chi connectivity index (χ0n) is 24.0. The monoisotopic (exact) mass is 534 g/mol. The van der Waals surface area contributed by atoms with Gasteiger partial charge in [0.05, 0.1) is 6.54 Å². The first-order chi connectivity index (χ1) is 18.0. The van der Waals surface area contributed by atoms with Crippen LogP contribution in [0.25, 0.3) is 0 Å². The van der Waals surface area contributed by atoms with Gasteiger partial charge >= 0.3 is 11.2 Å². The molecule has 0 saturated heterocycles. The molecule has 3 N–H and O–H groups in total. The smallest absolute Gasteiger partial charge is 0.335 e. The molecular formula is C29H52N5O2S+. The van der Waals surface area contributed by atoms with Crippen LogP contribution in [0.4, 0.5) is 10.5 Å². The van der Waals surface area contributed by atoms with E-state index in [1.165, 1.54) is 19.3 Å². The molecule has 1 unspecified atom stereocenters. The van der Waals surface area contributed by atoms with Gasteiger partial charge in [0.1, 0.15) is 6.54 Å². The molecule has 1 aromatic carbocycles. The van der Waals surface area contributed by atoms with E-state index in [1.54, 1.807) is 16.7 Å². The maximum atomic E-state index is 13.2. The van der Waals surface area contributed by atoms with E-state index in [2.05, 4.69) is 36.8 Å². The molecule has 7 nitrogen and oxygen atoms in total. The highest BCUT2D eigenvalue weighted by Crippen LogP contribution is 2.20. The van der Waals surface area contributed by atoms with Gasteiger partial charge in [-0.15, -0.1) is 4.68 Å². The Balaban J connectivity index is 2.80. The first-order valence-electron chi connectivity index (χ1n) is 14.4. The van der Waals surface area contributed by atoms with Crippen molar-refractivity contribution in [1.29, 1.82) is 0 Å². The number of hydrazone groups is 1. The number of thioether (sulfide) groups is 1. The number of benzene rings is 1. The predicted molar refractivity (Wildman–Crippen MR) is 159 cm³/mol. The van der Waals surface area contributed by atoms with E-state index in [4.69, 9.17) is 0 Å². The normalized spacial score (nSPS) is 12.5. The SMILES string of the molecule is CCCCCCC[N+](NC(=O)NCCC)=C(NCCCC(CCC)C(=O)N(C)c1ccccc1)SCC. The molecule has 1 aromatic rings. The summed E-state index contributed by atoms with van der Waals surface area (Å²) >= 11 is 1.71. The average Bonchev–Trinajstić information content (AvgIpc) is 2.91. The lowest BCUT2D eigenvalue weighted by atomic mass is 9.96. The summed E-state index contributed by atoms with van der Waals surface area (Å²) in [6.45, 7) is 10.7. The molecule has 0 aromatic heterocycles. The van der Waals surface area contributed by atoms with Gasteiger partial charge in [0.15, 0.2) is 0 Å². The molecule has 0 aliphatic rings. The number of hydrazine groups is 1. The minimum absolute atomic E-state index is 0.00639. The number of rotatable bonds is 18. The van der Waals surface area contributed by atoms with Crippen molar-refractivity contribution >= 4 is 34.6 Å². The maximum Gasteiger partial charge on any atom is 0.350 e. The number of anilines is 1. The van der Waals surface area contributed by atoms with Crippen LogP contribution in [0, 0.1) is 5.92 Å². The Morgan fingerprint density at radius 2 is 1.59 bits per heavy atom. The molecule has 0 heterocycles. The molecule has 0 radical (unpaired) electrons. The fraction of sp³-hybridized carbons (Fsp3) is 0.690. The number of amides is 3. The first kappa shape index (κ1) is 32.8. The summed E-state index contributed by atoms with van der Waals surface area (Å²) in [5.74, 6) is 1.10. The van der Waals surface area contributed by atoms with E-state index in [-0.39, 0.29) is 17.9 Å². The van der Waals surface area contributed by atoms with Gasteiger partial charge in [0.2, 0.25) is 5.91 Å². The van der Waals surface area contributed by atoms with Gasteiger partial charge in [-0.05, 0) is 62.4 Å². The number of carbonyl (C=O) groups is 2. The van der Waals surface area contributed by atoms with E-state index in [9.17, 15) is 9.59 Å². The summed E-state index contributed by atoms with van der Waals surface area (Å²) in [4.78, 5) is 27.4. The van der Waals surface area contributed by atoms with Crippen LogP contribution in [0.2, 0.25) is 0 Å². The topological polar surface area (TPSA) is 76.5 Å². The van der Waals surface area contributed by atoms with E-state index in [1.807, 2.05) is 49.0 Å². The Kier molecular flexibility index (Phi) is 18.4. The third-order valence-corrected chi connectivity index (χ3v) is 7.18. The third kappa shape index (κ3) is 13.8. The molecule has 210 valence electrons. The van der Waals surface area contributed by atoms with Gasteiger partial charge in [-0.1, -0.05) is 71.6 Å². The van der Waals surface area contributed by atoms with E-state index < -0.39 is 0 Å². The lowest BCUT2D eigenvalue weighted by Gasteiger charge is -2.23. The number of nitrogens with zero attached hydrogens (tertiary/aromatic N) is 2. The minimum atomic E-state index is -0.163. The molecule has 0 spiro atoms. The Morgan fingerprint density at radius 3 is 2.24 bits per heavy atom. The van der Waals surface area contributed by atoms with Gasteiger partial charge in [0, 0.05) is 31.0 Å². The van der Waals surface area contributed by atoms with Crippen molar-refractivity contribution in [3.8, 4) is 0 Å². The average molecular weight is 535 g/mol. The van der Waals surface area contributed by atoms with Gasteiger partial charge in [-0.25, -0.2) is 4.79 Å². The van der Waals surface area contributed by atoms with E-state index >= 15 is 0 Å². The molecule has 0 aliphatic carbocycles. The molecule has 8 heteroatoms. The van der Waals surface area contributed by atoms with Crippen LogP contribution >= 0.6 is 11.8 Å². The van der Waals surface area contributed by atoms with Crippen molar-refractivity contribution in [2.45, 2.75) is 91.9 Å². The second-order valence-corrected chi connectivity index (χ2v) is 10.7. The van der Waals surface area contributed by atoms with Crippen LogP contribution in [-0.2, 0) is 4.79 Å². The number of hydrogen-bond donors (Lipinski definition) is 3. The second kappa shape index (κ2) is 20.8. The van der Waals surface area contributed by atoms with Gasteiger partial charge in [0.25, 0.3) is 0 Å². The van der Waals surface area contributed by atoms with Gasteiger partial charge < -0.3 is 10.2 Å². The molecule has 0 bridgehead atoms. The van der Waals surface area contributed by atoms with Crippen molar-refractivity contribution in [1.82, 2.24) is 16.1 Å². The first-order valence-corrected chi connectivity index (χ1v) is 15.3. The predicted octanol–water partition coefficient (Wildman–Crippen LogP) is 6.15.